The molecule has 0 fully saturated rings. The van der Waals surface area contributed by atoms with Gasteiger partial charge in [0.2, 0.25) is 0 Å². The number of thioether (sulfide) groups is 1. The summed E-state index contributed by atoms with van der Waals surface area (Å²) in [7, 11) is 0. The van der Waals surface area contributed by atoms with Crippen LogP contribution in [0.4, 0.5) is 0 Å². The molecule has 0 saturated heterocycles. The number of halogens is 1. The number of hydrogen-bond acceptors (Lipinski definition) is 3. The Kier molecular flexibility index (Phi) is 5.91. The molecule has 0 aliphatic rings. The van der Waals surface area contributed by atoms with Gasteiger partial charge in [0.25, 0.3) is 0 Å². The van der Waals surface area contributed by atoms with Crippen LogP contribution in [0, 0.1) is 0 Å². The fourth-order valence-electron chi connectivity index (χ4n) is 1.96. The van der Waals surface area contributed by atoms with Crippen molar-refractivity contribution in [1.29, 1.82) is 0 Å². The van der Waals surface area contributed by atoms with Crippen molar-refractivity contribution in [3.05, 3.63) is 46.4 Å². The van der Waals surface area contributed by atoms with Gasteiger partial charge in [-0.15, -0.1) is 5.10 Å². The standard InChI is InChI=1S/C14H18BrN3OS/c1-2-8-18-13(19)16-17-14(18)20-10-12(9-15)11-6-4-3-5-7-11/h3-7,12H,2,8-10H2,1H3,(H,16,19). The van der Waals surface area contributed by atoms with Crippen LogP contribution < -0.4 is 5.69 Å². The summed E-state index contributed by atoms with van der Waals surface area (Å²) in [4.78, 5) is 11.6. The van der Waals surface area contributed by atoms with E-state index in [2.05, 4.69) is 57.3 Å². The van der Waals surface area contributed by atoms with Gasteiger partial charge in [-0.05, 0) is 12.0 Å². The number of H-pyrrole nitrogens is 1. The van der Waals surface area contributed by atoms with Gasteiger partial charge in [-0.3, -0.25) is 4.57 Å². The Bertz CT molecular complexity index is 582. The van der Waals surface area contributed by atoms with Crippen LogP contribution in [-0.2, 0) is 6.54 Å². The third kappa shape index (κ3) is 3.76. The molecule has 4 nitrogen and oxygen atoms in total. The summed E-state index contributed by atoms with van der Waals surface area (Å²) in [5.41, 5.74) is 1.18. The molecule has 0 bridgehead atoms. The zero-order valence-electron chi connectivity index (χ0n) is 11.4. The van der Waals surface area contributed by atoms with Gasteiger partial charge in [-0.25, -0.2) is 9.89 Å². The van der Waals surface area contributed by atoms with E-state index in [1.54, 1.807) is 16.3 Å². The summed E-state index contributed by atoms with van der Waals surface area (Å²) in [6.07, 6.45) is 0.924. The van der Waals surface area contributed by atoms with Crippen LogP contribution in [0.5, 0.6) is 0 Å². The average Bonchev–Trinajstić information content (AvgIpc) is 2.82. The Morgan fingerprint density at radius 1 is 1.40 bits per heavy atom. The molecule has 0 aliphatic heterocycles. The Labute approximate surface area is 131 Å². The van der Waals surface area contributed by atoms with Crippen molar-refractivity contribution >= 4 is 27.7 Å². The minimum absolute atomic E-state index is 0.121. The van der Waals surface area contributed by atoms with Gasteiger partial charge in [-0.2, -0.15) is 0 Å². The fourth-order valence-corrected chi connectivity index (χ4v) is 3.97. The number of benzene rings is 1. The summed E-state index contributed by atoms with van der Waals surface area (Å²) >= 11 is 5.20. The van der Waals surface area contributed by atoms with E-state index in [0.717, 1.165) is 22.7 Å². The second-order valence-corrected chi connectivity index (χ2v) is 6.17. The molecule has 2 rings (SSSR count). The normalized spacial score (nSPS) is 12.5. The number of hydrogen-bond donors (Lipinski definition) is 1. The highest BCUT2D eigenvalue weighted by molar-refractivity contribution is 9.09. The van der Waals surface area contributed by atoms with E-state index in [-0.39, 0.29) is 5.69 Å². The lowest BCUT2D eigenvalue weighted by atomic mass is 10.0. The molecule has 6 heteroatoms. The molecule has 1 N–H and O–H groups in total. The maximum Gasteiger partial charge on any atom is 0.343 e. The average molecular weight is 356 g/mol. The van der Waals surface area contributed by atoms with E-state index in [0.29, 0.717) is 12.5 Å². The van der Waals surface area contributed by atoms with E-state index < -0.39 is 0 Å². The van der Waals surface area contributed by atoms with E-state index in [1.807, 2.05) is 6.07 Å². The second kappa shape index (κ2) is 7.69. The molecule has 0 spiro atoms. The summed E-state index contributed by atoms with van der Waals surface area (Å²) in [6, 6.07) is 10.4. The lowest BCUT2D eigenvalue weighted by Gasteiger charge is -2.13. The molecule has 1 aromatic carbocycles. The Balaban J connectivity index is 2.06. The smallest absolute Gasteiger partial charge is 0.270 e. The lowest BCUT2D eigenvalue weighted by Crippen LogP contribution is -2.17. The Morgan fingerprint density at radius 3 is 2.80 bits per heavy atom. The molecule has 20 heavy (non-hydrogen) atoms. The number of nitrogens with zero attached hydrogens (tertiary/aromatic N) is 2. The van der Waals surface area contributed by atoms with Crippen molar-refractivity contribution in [2.75, 3.05) is 11.1 Å². The van der Waals surface area contributed by atoms with Crippen molar-refractivity contribution < 1.29 is 0 Å². The first-order valence-electron chi connectivity index (χ1n) is 6.65. The van der Waals surface area contributed by atoms with Crippen LogP contribution in [0.25, 0.3) is 0 Å². The third-order valence-electron chi connectivity index (χ3n) is 3.04. The molecular formula is C14H18BrN3OS. The maximum absolute atomic E-state index is 11.6. The summed E-state index contributed by atoms with van der Waals surface area (Å²) in [5.74, 6) is 1.30. The molecule has 0 aliphatic carbocycles. The third-order valence-corrected chi connectivity index (χ3v) is 4.96. The van der Waals surface area contributed by atoms with Crippen LogP contribution in [0.2, 0.25) is 0 Å². The van der Waals surface area contributed by atoms with Gasteiger partial charge in [0.1, 0.15) is 0 Å². The van der Waals surface area contributed by atoms with Crippen molar-refractivity contribution in [3.8, 4) is 0 Å². The minimum atomic E-state index is -0.121. The molecule has 1 heterocycles. The number of alkyl halides is 1. The quantitative estimate of drug-likeness (QED) is 0.612. The summed E-state index contributed by atoms with van der Waals surface area (Å²) in [6.45, 7) is 2.77. The van der Waals surface area contributed by atoms with Crippen molar-refractivity contribution in [1.82, 2.24) is 14.8 Å². The Morgan fingerprint density at radius 2 is 2.15 bits per heavy atom. The fraction of sp³-hybridized carbons (Fsp3) is 0.429. The second-order valence-electron chi connectivity index (χ2n) is 4.54. The number of nitrogens with one attached hydrogen (secondary N) is 1. The zero-order valence-corrected chi connectivity index (χ0v) is 13.8. The van der Waals surface area contributed by atoms with Crippen LogP contribution in [0.15, 0.2) is 40.3 Å². The maximum atomic E-state index is 11.6. The predicted octanol–water partition coefficient (Wildman–Crippen LogP) is 3.25. The van der Waals surface area contributed by atoms with Gasteiger partial charge < -0.3 is 0 Å². The van der Waals surface area contributed by atoms with Gasteiger partial charge in [-0.1, -0.05) is 64.9 Å². The monoisotopic (exact) mass is 355 g/mol. The molecule has 0 saturated carbocycles. The van der Waals surface area contributed by atoms with E-state index in [1.165, 1.54) is 5.56 Å². The number of rotatable bonds is 7. The molecule has 2 aromatic rings. The first kappa shape index (κ1) is 15.4. The number of aromatic amines is 1. The molecule has 1 unspecified atom stereocenters. The zero-order chi connectivity index (χ0) is 14.4. The highest BCUT2D eigenvalue weighted by atomic mass is 79.9. The van der Waals surface area contributed by atoms with Gasteiger partial charge in [0.15, 0.2) is 5.16 Å². The number of aromatic nitrogens is 3. The van der Waals surface area contributed by atoms with Crippen LogP contribution in [0.1, 0.15) is 24.8 Å². The van der Waals surface area contributed by atoms with Gasteiger partial charge >= 0.3 is 5.69 Å². The minimum Gasteiger partial charge on any atom is -0.270 e. The molecule has 0 amide bonds. The largest absolute Gasteiger partial charge is 0.343 e. The van der Waals surface area contributed by atoms with Crippen molar-refractivity contribution in [2.45, 2.75) is 31.0 Å². The van der Waals surface area contributed by atoms with Crippen LogP contribution in [0.3, 0.4) is 0 Å². The Hall–Kier alpha value is -1.01. The molecule has 1 atom stereocenters. The summed E-state index contributed by atoms with van der Waals surface area (Å²) in [5, 5.41) is 8.31. The van der Waals surface area contributed by atoms with E-state index in [9.17, 15) is 4.79 Å². The van der Waals surface area contributed by atoms with Gasteiger partial charge in [0, 0.05) is 23.5 Å². The topological polar surface area (TPSA) is 50.7 Å². The molecule has 1 aromatic heterocycles. The molecule has 0 radical (unpaired) electrons. The lowest BCUT2D eigenvalue weighted by molar-refractivity contribution is 0.603. The SMILES string of the molecule is CCCn1c(SCC(CBr)c2ccccc2)n[nH]c1=O. The van der Waals surface area contributed by atoms with Crippen molar-refractivity contribution in [2.24, 2.45) is 0 Å². The first-order chi connectivity index (χ1) is 9.76. The highest BCUT2D eigenvalue weighted by Crippen LogP contribution is 2.26. The highest BCUT2D eigenvalue weighted by Gasteiger charge is 2.14. The predicted molar refractivity (Wildman–Crippen MR) is 86.8 cm³/mol. The first-order valence-corrected chi connectivity index (χ1v) is 8.75. The molecule has 108 valence electrons. The van der Waals surface area contributed by atoms with E-state index >= 15 is 0 Å². The van der Waals surface area contributed by atoms with E-state index in [4.69, 9.17) is 0 Å². The molecular weight excluding hydrogens is 338 g/mol. The van der Waals surface area contributed by atoms with Crippen LogP contribution in [-0.4, -0.2) is 25.8 Å². The van der Waals surface area contributed by atoms with Crippen molar-refractivity contribution in [3.63, 3.8) is 0 Å². The van der Waals surface area contributed by atoms with Gasteiger partial charge in [0.05, 0.1) is 0 Å². The summed E-state index contributed by atoms with van der Waals surface area (Å²) < 4.78 is 1.71. The van der Waals surface area contributed by atoms with Crippen LogP contribution >= 0.6 is 27.7 Å².